The average Bonchev–Trinajstić information content (AvgIpc) is 2.23. The van der Waals surface area contributed by atoms with Gasteiger partial charge in [0.2, 0.25) is 0 Å². The van der Waals surface area contributed by atoms with E-state index in [2.05, 4.69) is 33.7 Å². The molecule has 0 bridgehead atoms. The Morgan fingerprint density at radius 1 is 1.27 bits per heavy atom. The minimum Gasteiger partial charge on any atom is -0.353 e. The number of anilines is 1. The third-order valence-corrected chi connectivity index (χ3v) is 3.05. The lowest BCUT2D eigenvalue weighted by atomic mass is 10.2. The SMILES string of the molecule is Cc1cnc(N2CCN(C)C(C)C2)cn1. The molecule has 0 spiro atoms. The number of likely N-dealkylation sites (N-methyl/N-ethyl adjacent to an activating group) is 1. The van der Waals surface area contributed by atoms with Crippen LogP contribution in [0.2, 0.25) is 0 Å². The molecule has 2 rings (SSSR count). The van der Waals surface area contributed by atoms with Gasteiger partial charge in [-0.05, 0) is 20.9 Å². The first-order chi connectivity index (χ1) is 7.16. The lowest BCUT2D eigenvalue weighted by Gasteiger charge is -2.38. The smallest absolute Gasteiger partial charge is 0.147 e. The summed E-state index contributed by atoms with van der Waals surface area (Å²) in [5.41, 5.74) is 0.973. The molecule has 0 aromatic carbocycles. The maximum Gasteiger partial charge on any atom is 0.147 e. The zero-order valence-electron chi connectivity index (χ0n) is 9.64. The number of piperazine rings is 1. The largest absolute Gasteiger partial charge is 0.353 e. The van der Waals surface area contributed by atoms with Crippen molar-refractivity contribution in [3.8, 4) is 0 Å². The summed E-state index contributed by atoms with van der Waals surface area (Å²) in [5, 5.41) is 0. The van der Waals surface area contributed by atoms with Gasteiger partial charge in [-0.3, -0.25) is 4.98 Å². The summed E-state index contributed by atoms with van der Waals surface area (Å²) >= 11 is 0. The van der Waals surface area contributed by atoms with Crippen LogP contribution in [0.3, 0.4) is 0 Å². The Labute approximate surface area is 90.9 Å². The molecule has 0 N–H and O–H groups in total. The van der Waals surface area contributed by atoms with Crippen molar-refractivity contribution in [1.29, 1.82) is 0 Å². The van der Waals surface area contributed by atoms with Crippen LogP contribution in [0.25, 0.3) is 0 Å². The van der Waals surface area contributed by atoms with Crippen molar-refractivity contribution in [2.45, 2.75) is 19.9 Å². The third kappa shape index (κ3) is 2.26. The molecule has 4 heteroatoms. The second kappa shape index (κ2) is 4.14. The predicted molar refractivity (Wildman–Crippen MR) is 61.1 cm³/mol. The lowest BCUT2D eigenvalue weighted by molar-refractivity contribution is 0.233. The van der Waals surface area contributed by atoms with Crippen LogP contribution in [0.15, 0.2) is 12.4 Å². The molecule has 82 valence electrons. The Morgan fingerprint density at radius 2 is 2.07 bits per heavy atom. The monoisotopic (exact) mass is 206 g/mol. The van der Waals surface area contributed by atoms with E-state index in [1.54, 1.807) is 0 Å². The Morgan fingerprint density at radius 3 is 2.67 bits per heavy atom. The fourth-order valence-corrected chi connectivity index (χ4v) is 1.81. The number of nitrogens with zero attached hydrogens (tertiary/aromatic N) is 4. The first kappa shape index (κ1) is 10.4. The van der Waals surface area contributed by atoms with Crippen molar-refractivity contribution >= 4 is 5.82 Å². The topological polar surface area (TPSA) is 32.3 Å². The van der Waals surface area contributed by atoms with Crippen LogP contribution in [0.5, 0.6) is 0 Å². The fraction of sp³-hybridized carbons (Fsp3) is 0.636. The van der Waals surface area contributed by atoms with Gasteiger partial charge in [0.1, 0.15) is 5.82 Å². The minimum atomic E-state index is 0.585. The highest BCUT2D eigenvalue weighted by Gasteiger charge is 2.21. The minimum absolute atomic E-state index is 0.585. The molecule has 1 aromatic rings. The van der Waals surface area contributed by atoms with Gasteiger partial charge in [-0.1, -0.05) is 0 Å². The van der Waals surface area contributed by atoms with Gasteiger partial charge in [-0.25, -0.2) is 4.98 Å². The van der Waals surface area contributed by atoms with Crippen LogP contribution in [-0.4, -0.2) is 47.6 Å². The predicted octanol–water partition coefficient (Wildman–Crippen LogP) is 0.925. The molecule has 1 saturated heterocycles. The molecule has 0 aliphatic carbocycles. The highest BCUT2D eigenvalue weighted by molar-refractivity contribution is 5.36. The molecule has 1 aliphatic heterocycles. The van der Waals surface area contributed by atoms with Gasteiger partial charge in [0, 0.05) is 25.7 Å². The summed E-state index contributed by atoms with van der Waals surface area (Å²) in [6.07, 6.45) is 3.70. The molecule has 2 heterocycles. The van der Waals surface area contributed by atoms with Gasteiger partial charge in [0.25, 0.3) is 0 Å². The summed E-state index contributed by atoms with van der Waals surface area (Å²) in [7, 11) is 2.17. The van der Waals surface area contributed by atoms with Crippen LogP contribution in [0.4, 0.5) is 5.82 Å². The average molecular weight is 206 g/mol. The molecule has 1 aromatic heterocycles. The lowest BCUT2D eigenvalue weighted by Crippen LogP contribution is -2.50. The van der Waals surface area contributed by atoms with E-state index in [4.69, 9.17) is 0 Å². The van der Waals surface area contributed by atoms with Crippen LogP contribution in [0.1, 0.15) is 12.6 Å². The van der Waals surface area contributed by atoms with Crippen molar-refractivity contribution < 1.29 is 0 Å². The fourth-order valence-electron chi connectivity index (χ4n) is 1.81. The third-order valence-electron chi connectivity index (χ3n) is 3.05. The summed E-state index contributed by atoms with van der Waals surface area (Å²) in [4.78, 5) is 13.4. The van der Waals surface area contributed by atoms with Gasteiger partial charge < -0.3 is 9.80 Å². The highest BCUT2D eigenvalue weighted by Crippen LogP contribution is 2.14. The Bertz CT molecular complexity index is 322. The quantitative estimate of drug-likeness (QED) is 0.684. The number of aryl methyl sites for hydroxylation is 1. The highest BCUT2D eigenvalue weighted by atomic mass is 15.3. The molecule has 1 atom stereocenters. The maximum atomic E-state index is 4.41. The van der Waals surface area contributed by atoms with Crippen molar-refractivity contribution in [2.24, 2.45) is 0 Å². The van der Waals surface area contributed by atoms with Gasteiger partial charge in [-0.2, -0.15) is 0 Å². The standard InChI is InChI=1S/C11H18N4/c1-9-6-13-11(7-12-9)15-5-4-14(3)10(2)8-15/h6-7,10H,4-5,8H2,1-3H3. The normalized spacial score (nSPS) is 23.1. The number of aromatic nitrogens is 2. The molecule has 1 unspecified atom stereocenters. The zero-order chi connectivity index (χ0) is 10.8. The van der Waals surface area contributed by atoms with Gasteiger partial charge >= 0.3 is 0 Å². The van der Waals surface area contributed by atoms with Crippen LogP contribution >= 0.6 is 0 Å². The molecule has 0 radical (unpaired) electrons. The molecular weight excluding hydrogens is 188 g/mol. The van der Waals surface area contributed by atoms with Gasteiger partial charge in [-0.15, -0.1) is 0 Å². The van der Waals surface area contributed by atoms with Crippen molar-refractivity contribution in [3.63, 3.8) is 0 Å². The van der Waals surface area contributed by atoms with E-state index in [1.807, 2.05) is 19.3 Å². The summed E-state index contributed by atoms with van der Waals surface area (Å²) in [6, 6.07) is 0.585. The molecule has 1 fully saturated rings. The second-order valence-electron chi connectivity index (χ2n) is 4.29. The van der Waals surface area contributed by atoms with E-state index in [0.29, 0.717) is 6.04 Å². The second-order valence-corrected chi connectivity index (χ2v) is 4.29. The van der Waals surface area contributed by atoms with E-state index < -0.39 is 0 Å². The summed E-state index contributed by atoms with van der Waals surface area (Å²) in [5.74, 6) is 1.00. The Hall–Kier alpha value is -1.16. The van der Waals surface area contributed by atoms with E-state index in [1.165, 1.54) is 0 Å². The van der Waals surface area contributed by atoms with Crippen molar-refractivity contribution in [2.75, 3.05) is 31.6 Å². The van der Waals surface area contributed by atoms with E-state index >= 15 is 0 Å². The first-order valence-corrected chi connectivity index (χ1v) is 5.40. The van der Waals surface area contributed by atoms with E-state index in [0.717, 1.165) is 31.1 Å². The molecule has 0 saturated carbocycles. The number of hydrogen-bond acceptors (Lipinski definition) is 4. The van der Waals surface area contributed by atoms with Crippen LogP contribution in [0, 0.1) is 6.92 Å². The Kier molecular flexibility index (Phi) is 2.86. The molecular formula is C11H18N4. The molecule has 1 aliphatic rings. The zero-order valence-corrected chi connectivity index (χ0v) is 9.64. The van der Waals surface area contributed by atoms with Gasteiger partial charge in [0.05, 0.1) is 18.1 Å². The number of hydrogen-bond donors (Lipinski definition) is 0. The van der Waals surface area contributed by atoms with Crippen LogP contribution in [-0.2, 0) is 0 Å². The van der Waals surface area contributed by atoms with Crippen molar-refractivity contribution in [3.05, 3.63) is 18.1 Å². The van der Waals surface area contributed by atoms with Crippen molar-refractivity contribution in [1.82, 2.24) is 14.9 Å². The maximum absolute atomic E-state index is 4.41. The molecule has 0 amide bonds. The summed E-state index contributed by atoms with van der Waals surface area (Å²) in [6.45, 7) is 7.38. The summed E-state index contributed by atoms with van der Waals surface area (Å²) < 4.78 is 0. The van der Waals surface area contributed by atoms with E-state index in [9.17, 15) is 0 Å². The number of rotatable bonds is 1. The van der Waals surface area contributed by atoms with E-state index in [-0.39, 0.29) is 0 Å². The Balaban J connectivity index is 2.08. The van der Waals surface area contributed by atoms with Crippen LogP contribution < -0.4 is 4.90 Å². The molecule has 15 heavy (non-hydrogen) atoms. The van der Waals surface area contributed by atoms with Gasteiger partial charge in [0.15, 0.2) is 0 Å². The molecule has 4 nitrogen and oxygen atoms in total. The first-order valence-electron chi connectivity index (χ1n) is 5.40.